The summed E-state index contributed by atoms with van der Waals surface area (Å²) >= 11 is 9.35. The molecule has 0 bridgehead atoms. The van der Waals surface area contributed by atoms with Crippen molar-refractivity contribution < 1.29 is 4.79 Å². The number of carbonyl (C=O) groups is 1. The summed E-state index contributed by atoms with van der Waals surface area (Å²) in [7, 11) is 2.00. The number of likely N-dealkylation sites (N-methyl/N-ethyl adjacent to an activating group) is 1. The zero-order valence-electron chi connectivity index (χ0n) is 10.7. The van der Waals surface area contributed by atoms with E-state index in [-0.39, 0.29) is 5.91 Å². The number of nitrogens with zero attached hydrogens (tertiary/aromatic N) is 1. The largest absolute Gasteiger partial charge is 0.370 e. The fourth-order valence-corrected chi connectivity index (χ4v) is 2.98. The van der Waals surface area contributed by atoms with Gasteiger partial charge < -0.3 is 16.0 Å². The van der Waals surface area contributed by atoms with Crippen molar-refractivity contribution in [2.75, 3.05) is 25.5 Å². The van der Waals surface area contributed by atoms with Crippen molar-refractivity contribution in [2.24, 2.45) is 5.73 Å². The number of hydrogen-bond acceptors (Lipinski definition) is 3. The number of benzene rings is 1. The summed E-state index contributed by atoms with van der Waals surface area (Å²) in [6.07, 6.45) is 1.69. The SMILES string of the molecule is CN1CCCC(Nc2ccc(Cl)c(Br)c2)(C(N)=O)C1. The molecule has 104 valence electrons. The van der Waals surface area contributed by atoms with Gasteiger partial charge in [0.25, 0.3) is 0 Å². The third kappa shape index (κ3) is 3.22. The van der Waals surface area contributed by atoms with Crippen LogP contribution < -0.4 is 11.1 Å². The summed E-state index contributed by atoms with van der Waals surface area (Å²) < 4.78 is 0.794. The second-order valence-electron chi connectivity index (χ2n) is 5.04. The predicted octanol–water partition coefficient (Wildman–Crippen LogP) is 2.46. The molecule has 1 unspecified atom stereocenters. The van der Waals surface area contributed by atoms with Gasteiger partial charge in [-0.05, 0) is 60.6 Å². The van der Waals surface area contributed by atoms with Gasteiger partial charge >= 0.3 is 0 Å². The molecule has 1 saturated heterocycles. The number of nitrogens with one attached hydrogen (secondary N) is 1. The van der Waals surface area contributed by atoms with E-state index in [1.165, 1.54) is 0 Å². The topological polar surface area (TPSA) is 58.4 Å². The minimum absolute atomic E-state index is 0.315. The lowest BCUT2D eigenvalue weighted by Gasteiger charge is -2.40. The highest BCUT2D eigenvalue weighted by molar-refractivity contribution is 9.10. The maximum Gasteiger partial charge on any atom is 0.244 e. The highest BCUT2D eigenvalue weighted by Crippen LogP contribution is 2.30. The van der Waals surface area contributed by atoms with Gasteiger partial charge in [-0.3, -0.25) is 4.79 Å². The second-order valence-corrected chi connectivity index (χ2v) is 6.30. The van der Waals surface area contributed by atoms with E-state index >= 15 is 0 Å². The van der Waals surface area contributed by atoms with E-state index in [2.05, 4.69) is 26.1 Å². The van der Waals surface area contributed by atoms with Crippen molar-refractivity contribution in [3.8, 4) is 0 Å². The first kappa shape index (κ1) is 14.6. The first-order chi connectivity index (χ1) is 8.93. The summed E-state index contributed by atoms with van der Waals surface area (Å²) in [5, 5.41) is 3.93. The van der Waals surface area contributed by atoms with E-state index in [1.807, 2.05) is 19.2 Å². The molecular weight excluding hydrogens is 330 g/mol. The number of primary amides is 1. The van der Waals surface area contributed by atoms with Gasteiger partial charge in [-0.2, -0.15) is 0 Å². The highest BCUT2D eigenvalue weighted by Gasteiger charge is 2.39. The number of hydrogen-bond donors (Lipinski definition) is 2. The molecule has 0 saturated carbocycles. The van der Waals surface area contributed by atoms with E-state index < -0.39 is 5.54 Å². The Morgan fingerprint density at radius 2 is 2.32 bits per heavy atom. The van der Waals surface area contributed by atoms with E-state index in [0.29, 0.717) is 11.6 Å². The van der Waals surface area contributed by atoms with Gasteiger partial charge in [0.2, 0.25) is 5.91 Å². The Bertz CT molecular complexity index is 497. The van der Waals surface area contributed by atoms with Crippen LogP contribution in [0.2, 0.25) is 5.02 Å². The standard InChI is InChI=1S/C13H17BrClN3O/c1-18-6-2-5-13(8-18,12(16)19)17-9-3-4-11(15)10(14)7-9/h3-4,7,17H,2,5-6,8H2,1H3,(H2,16,19). The quantitative estimate of drug-likeness (QED) is 0.884. The van der Waals surface area contributed by atoms with E-state index in [9.17, 15) is 4.79 Å². The Balaban J connectivity index is 2.25. The molecular formula is C13H17BrClN3O. The molecule has 1 aliphatic heterocycles. The zero-order valence-corrected chi connectivity index (χ0v) is 13.1. The molecule has 0 spiro atoms. The average Bonchev–Trinajstić information content (AvgIpc) is 2.34. The molecule has 1 aliphatic rings. The summed E-state index contributed by atoms with van der Waals surface area (Å²) in [5.41, 5.74) is 5.74. The first-order valence-corrected chi connectivity index (χ1v) is 7.32. The van der Waals surface area contributed by atoms with Gasteiger partial charge in [0.1, 0.15) is 5.54 Å². The highest BCUT2D eigenvalue weighted by atomic mass is 79.9. The lowest BCUT2D eigenvalue weighted by atomic mass is 9.88. The number of halogens is 2. The third-order valence-electron chi connectivity index (χ3n) is 3.46. The van der Waals surface area contributed by atoms with Crippen LogP contribution in [0.3, 0.4) is 0 Å². The monoisotopic (exact) mass is 345 g/mol. The molecule has 1 amide bonds. The van der Waals surface area contributed by atoms with Crippen molar-refractivity contribution in [3.05, 3.63) is 27.7 Å². The second kappa shape index (κ2) is 5.69. The van der Waals surface area contributed by atoms with Crippen LogP contribution in [0, 0.1) is 0 Å². The Morgan fingerprint density at radius 1 is 1.58 bits per heavy atom. The molecule has 1 aromatic carbocycles. The van der Waals surface area contributed by atoms with Crippen LogP contribution in [0.5, 0.6) is 0 Å². The van der Waals surface area contributed by atoms with Gasteiger partial charge in [0.15, 0.2) is 0 Å². The van der Waals surface area contributed by atoms with Gasteiger partial charge in [-0.15, -0.1) is 0 Å². The molecule has 1 aromatic rings. The van der Waals surface area contributed by atoms with Gasteiger partial charge in [0.05, 0.1) is 5.02 Å². The minimum atomic E-state index is -0.708. The Labute approximate surface area is 126 Å². The van der Waals surface area contributed by atoms with Crippen molar-refractivity contribution in [1.29, 1.82) is 0 Å². The van der Waals surface area contributed by atoms with Crippen LogP contribution in [0.1, 0.15) is 12.8 Å². The van der Waals surface area contributed by atoms with Crippen LogP contribution >= 0.6 is 27.5 Å². The number of amides is 1. The van der Waals surface area contributed by atoms with Gasteiger partial charge in [0, 0.05) is 16.7 Å². The molecule has 0 aromatic heterocycles. The molecule has 0 radical (unpaired) electrons. The fourth-order valence-electron chi connectivity index (χ4n) is 2.48. The molecule has 2 rings (SSSR count). The van der Waals surface area contributed by atoms with E-state index in [0.717, 1.165) is 29.5 Å². The molecule has 3 N–H and O–H groups in total. The van der Waals surface area contributed by atoms with Crippen LogP contribution in [0.4, 0.5) is 5.69 Å². The summed E-state index contributed by atoms with van der Waals surface area (Å²) in [6, 6.07) is 5.50. The Kier molecular flexibility index (Phi) is 4.38. The van der Waals surface area contributed by atoms with Crippen LogP contribution in [0.25, 0.3) is 0 Å². The number of nitrogens with two attached hydrogens (primary N) is 1. The minimum Gasteiger partial charge on any atom is -0.370 e. The zero-order chi connectivity index (χ0) is 14.0. The van der Waals surface area contributed by atoms with Gasteiger partial charge in [-0.25, -0.2) is 0 Å². The lowest BCUT2D eigenvalue weighted by molar-refractivity contribution is -0.123. The van der Waals surface area contributed by atoms with E-state index in [1.54, 1.807) is 6.07 Å². The third-order valence-corrected chi connectivity index (χ3v) is 4.67. The van der Waals surface area contributed by atoms with Crippen LogP contribution in [-0.2, 0) is 4.79 Å². The number of likely N-dealkylation sites (tertiary alicyclic amines) is 1. The molecule has 1 atom stereocenters. The molecule has 19 heavy (non-hydrogen) atoms. The fraction of sp³-hybridized carbons (Fsp3) is 0.462. The summed E-state index contributed by atoms with van der Waals surface area (Å²) in [6.45, 7) is 1.60. The number of carbonyl (C=O) groups excluding carboxylic acids is 1. The lowest BCUT2D eigenvalue weighted by Crippen LogP contribution is -2.59. The van der Waals surface area contributed by atoms with Crippen molar-refractivity contribution in [2.45, 2.75) is 18.4 Å². The predicted molar refractivity (Wildman–Crippen MR) is 81.4 cm³/mol. The van der Waals surface area contributed by atoms with Crippen LogP contribution in [0.15, 0.2) is 22.7 Å². The number of piperidine rings is 1. The number of anilines is 1. The number of rotatable bonds is 3. The van der Waals surface area contributed by atoms with Crippen LogP contribution in [-0.4, -0.2) is 36.5 Å². The van der Waals surface area contributed by atoms with Crippen molar-refractivity contribution >= 4 is 39.1 Å². The first-order valence-electron chi connectivity index (χ1n) is 6.15. The van der Waals surface area contributed by atoms with Crippen molar-refractivity contribution in [3.63, 3.8) is 0 Å². The molecule has 1 heterocycles. The molecule has 4 nitrogen and oxygen atoms in total. The van der Waals surface area contributed by atoms with Crippen molar-refractivity contribution in [1.82, 2.24) is 4.90 Å². The molecule has 6 heteroatoms. The average molecular weight is 347 g/mol. The normalized spacial score (nSPS) is 24.2. The van der Waals surface area contributed by atoms with E-state index in [4.69, 9.17) is 17.3 Å². The Morgan fingerprint density at radius 3 is 2.89 bits per heavy atom. The summed E-state index contributed by atoms with van der Waals surface area (Å²) in [4.78, 5) is 14.0. The smallest absolute Gasteiger partial charge is 0.244 e. The maximum atomic E-state index is 11.9. The maximum absolute atomic E-state index is 11.9. The molecule has 0 aliphatic carbocycles. The molecule has 1 fully saturated rings. The Hall–Kier alpha value is -0.780. The van der Waals surface area contributed by atoms with Gasteiger partial charge in [-0.1, -0.05) is 11.6 Å². The summed E-state index contributed by atoms with van der Waals surface area (Å²) in [5.74, 6) is -0.315.